The first-order chi connectivity index (χ1) is 14.3. The minimum atomic E-state index is 0.579. The van der Waals surface area contributed by atoms with E-state index in [-0.39, 0.29) is 0 Å². The molecule has 0 fully saturated rings. The summed E-state index contributed by atoms with van der Waals surface area (Å²) in [6.45, 7) is 0.579. The highest BCUT2D eigenvalue weighted by Crippen LogP contribution is 2.30. The first kappa shape index (κ1) is 17.7. The summed E-state index contributed by atoms with van der Waals surface area (Å²) < 4.78 is 7.07. The number of aromatic nitrogens is 1. The van der Waals surface area contributed by atoms with Gasteiger partial charge in [0, 0.05) is 5.39 Å². The molecule has 29 heavy (non-hydrogen) atoms. The second-order valence-corrected chi connectivity index (χ2v) is 7.92. The molecule has 140 valence electrons. The van der Waals surface area contributed by atoms with Gasteiger partial charge in [0.05, 0.1) is 10.2 Å². The molecule has 0 unspecified atom stereocenters. The van der Waals surface area contributed by atoms with Crippen LogP contribution < -0.4 is 4.74 Å². The van der Waals surface area contributed by atoms with Crippen LogP contribution in [0.25, 0.3) is 33.1 Å². The number of nitrogens with zero attached hydrogens (tertiary/aromatic N) is 1. The van der Waals surface area contributed by atoms with Crippen LogP contribution in [0.3, 0.4) is 0 Å². The first-order valence-corrected chi connectivity index (χ1v) is 10.4. The number of rotatable bonds is 5. The Hall–Kier alpha value is -3.43. The summed E-state index contributed by atoms with van der Waals surface area (Å²) in [5, 5.41) is 3.45. The normalized spacial score (nSPS) is 11.4. The van der Waals surface area contributed by atoms with Crippen molar-refractivity contribution >= 4 is 44.5 Å². The fourth-order valence-electron chi connectivity index (χ4n) is 3.33. The SMILES string of the molecule is C(=Cc1nc2c(ccc3ccccc32)s1)c1ccc(OCc2ccccc2)cc1. The van der Waals surface area contributed by atoms with Crippen molar-refractivity contribution in [3.05, 3.63) is 107 Å². The molecule has 0 atom stereocenters. The molecule has 0 saturated heterocycles. The van der Waals surface area contributed by atoms with E-state index >= 15 is 0 Å². The largest absolute Gasteiger partial charge is 0.489 e. The van der Waals surface area contributed by atoms with Crippen LogP contribution in [0.4, 0.5) is 0 Å². The Bertz CT molecular complexity index is 1290. The van der Waals surface area contributed by atoms with Crippen LogP contribution in [0.1, 0.15) is 16.1 Å². The van der Waals surface area contributed by atoms with Gasteiger partial charge in [0.25, 0.3) is 0 Å². The molecule has 3 heteroatoms. The molecule has 1 heterocycles. The van der Waals surface area contributed by atoms with E-state index < -0.39 is 0 Å². The Morgan fingerprint density at radius 2 is 1.55 bits per heavy atom. The van der Waals surface area contributed by atoms with Crippen molar-refractivity contribution in [3.63, 3.8) is 0 Å². The molecule has 0 spiro atoms. The van der Waals surface area contributed by atoms with Gasteiger partial charge in [-0.05, 0) is 40.8 Å². The highest BCUT2D eigenvalue weighted by Gasteiger charge is 2.05. The zero-order valence-electron chi connectivity index (χ0n) is 15.8. The van der Waals surface area contributed by atoms with Crippen molar-refractivity contribution in [1.82, 2.24) is 4.98 Å². The van der Waals surface area contributed by atoms with E-state index in [1.54, 1.807) is 11.3 Å². The Kier molecular flexibility index (Phi) is 4.81. The minimum absolute atomic E-state index is 0.579. The third-order valence-electron chi connectivity index (χ3n) is 4.85. The number of hydrogen-bond acceptors (Lipinski definition) is 3. The van der Waals surface area contributed by atoms with Crippen molar-refractivity contribution < 1.29 is 4.74 Å². The van der Waals surface area contributed by atoms with E-state index in [0.29, 0.717) is 6.61 Å². The third-order valence-corrected chi connectivity index (χ3v) is 5.83. The molecule has 0 saturated carbocycles. The highest BCUT2D eigenvalue weighted by molar-refractivity contribution is 7.19. The van der Waals surface area contributed by atoms with Crippen LogP contribution in [-0.4, -0.2) is 4.98 Å². The summed E-state index contributed by atoms with van der Waals surface area (Å²) in [6, 6.07) is 31.1. The zero-order valence-corrected chi connectivity index (χ0v) is 16.6. The lowest BCUT2D eigenvalue weighted by Gasteiger charge is -2.06. The Labute approximate surface area is 173 Å². The summed E-state index contributed by atoms with van der Waals surface area (Å²) >= 11 is 1.72. The molecule has 0 amide bonds. The molecule has 5 rings (SSSR count). The van der Waals surface area contributed by atoms with Crippen molar-refractivity contribution in [1.29, 1.82) is 0 Å². The van der Waals surface area contributed by atoms with Crippen LogP contribution in [0, 0.1) is 0 Å². The monoisotopic (exact) mass is 393 g/mol. The fourth-order valence-corrected chi connectivity index (χ4v) is 4.22. The average molecular weight is 394 g/mol. The first-order valence-electron chi connectivity index (χ1n) is 9.58. The maximum absolute atomic E-state index is 5.86. The number of ether oxygens (including phenoxy) is 1. The van der Waals surface area contributed by atoms with Crippen LogP contribution >= 0.6 is 11.3 Å². The van der Waals surface area contributed by atoms with Gasteiger partial charge in [-0.1, -0.05) is 78.9 Å². The highest BCUT2D eigenvalue weighted by atomic mass is 32.1. The quantitative estimate of drug-likeness (QED) is 0.315. The lowest BCUT2D eigenvalue weighted by molar-refractivity contribution is 0.306. The van der Waals surface area contributed by atoms with Crippen LogP contribution in [0.15, 0.2) is 91.0 Å². The molecule has 1 aromatic heterocycles. The van der Waals surface area contributed by atoms with E-state index in [9.17, 15) is 0 Å². The Morgan fingerprint density at radius 1 is 0.759 bits per heavy atom. The molecular formula is C26H19NOS. The molecular weight excluding hydrogens is 374 g/mol. The molecule has 0 radical (unpaired) electrons. The van der Waals surface area contributed by atoms with Gasteiger partial charge in [-0.15, -0.1) is 11.3 Å². The second kappa shape index (κ2) is 7.90. The molecule has 0 bridgehead atoms. The van der Waals surface area contributed by atoms with Gasteiger partial charge in [0.15, 0.2) is 0 Å². The average Bonchev–Trinajstić information content (AvgIpc) is 3.21. The van der Waals surface area contributed by atoms with Gasteiger partial charge in [-0.3, -0.25) is 0 Å². The van der Waals surface area contributed by atoms with Crippen LogP contribution in [0.5, 0.6) is 5.75 Å². The second-order valence-electron chi connectivity index (χ2n) is 6.86. The lowest BCUT2D eigenvalue weighted by Crippen LogP contribution is -1.94. The predicted octanol–water partition coefficient (Wildman–Crippen LogP) is 7.20. The summed E-state index contributed by atoms with van der Waals surface area (Å²) in [5.41, 5.74) is 3.37. The van der Waals surface area contributed by atoms with E-state index in [1.165, 1.54) is 21.0 Å². The van der Waals surface area contributed by atoms with Crippen molar-refractivity contribution in [2.45, 2.75) is 6.61 Å². The van der Waals surface area contributed by atoms with Gasteiger partial charge in [0.2, 0.25) is 0 Å². The van der Waals surface area contributed by atoms with Crippen molar-refractivity contribution in [3.8, 4) is 5.75 Å². The predicted molar refractivity (Wildman–Crippen MR) is 123 cm³/mol. The smallest absolute Gasteiger partial charge is 0.119 e. The Balaban J connectivity index is 1.31. The molecule has 5 aromatic rings. The van der Waals surface area contributed by atoms with E-state index in [1.807, 2.05) is 30.3 Å². The van der Waals surface area contributed by atoms with E-state index in [4.69, 9.17) is 9.72 Å². The number of hydrogen-bond donors (Lipinski definition) is 0. The lowest BCUT2D eigenvalue weighted by atomic mass is 10.1. The molecule has 0 N–H and O–H groups in total. The third kappa shape index (κ3) is 3.91. The fraction of sp³-hybridized carbons (Fsp3) is 0.0385. The molecule has 0 aliphatic rings. The summed E-state index contributed by atoms with van der Waals surface area (Å²) in [7, 11) is 0. The zero-order chi connectivity index (χ0) is 19.5. The maximum Gasteiger partial charge on any atom is 0.119 e. The van der Waals surface area contributed by atoms with Crippen molar-refractivity contribution in [2.75, 3.05) is 0 Å². The van der Waals surface area contributed by atoms with Gasteiger partial charge in [0.1, 0.15) is 17.4 Å². The Morgan fingerprint density at radius 3 is 2.41 bits per heavy atom. The number of thiazole rings is 1. The van der Waals surface area contributed by atoms with Gasteiger partial charge in [-0.2, -0.15) is 0 Å². The van der Waals surface area contributed by atoms with Gasteiger partial charge in [-0.25, -0.2) is 4.98 Å². The summed E-state index contributed by atoms with van der Waals surface area (Å²) in [4.78, 5) is 4.84. The topological polar surface area (TPSA) is 22.1 Å². The van der Waals surface area contributed by atoms with Gasteiger partial charge < -0.3 is 4.74 Å². The summed E-state index contributed by atoms with van der Waals surface area (Å²) in [6.07, 6.45) is 4.18. The van der Waals surface area contributed by atoms with Crippen LogP contribution in [-0.2, 0) is 6.61 Å². The van der Waals surface area contributed by atoms with E-state index in [0.717, 1.165) is 21.8 Å². The van der Waals surface area contributed by atoms with Gasteiger partial charge >= 0.3 is 0 Å². The van der Waals surface area contributed by atoms with Crippen molar-refractivity contribution in [2.24, 2.45) is 0 Å². The summed E-state index contributed by atoms with van der Waals surface area (Å²) in [5.74, 6) is 0.873. The molecule has 0 aliphatic carbocycles. The molecule has 2 nitrogen and oxygen atoms in total. The van der Waals surface area contributed by atoms with E-state index in [2.05, 4.69) is 72.8 Å². The number of benzene rings is 4. The minimum Gasteiger partial charge on any atom is -0.489 e. The molecule has 4 aromatic carbocycles. The van der Waals surface area contributed by atoms with Crippen LogP contribution in [0.2, 0.25) is 0 Å². The standard InChI is InChI=1S/C26H19NOS/c1-2-6-20(7-3-1)18-28-22-14-10-19(11-15-22)12-17-25-27-26-23-9-5-4-8-21(23)13-16-24(26)29-25/h1-17H,18H2. The maximum atomic E-state index is 5.86. The molecule has 0 aliphatic heterocycles. The number of fused-ring (bicyclic) bond motifs is 3.